The topological polar surface area (TPSA) is 37.4 Å². The van der Waals surface area contributed by atoms with E-state index in [1.54, 1.807) is 16.4 Å². The van der Waals surface area contributed by atoms with Crippen molar-refractivity contribution in [2.24, 2.45) is 5.41 Å². The molecule has 0 aromatic heterocycles. The third-order valence-corrected chi connectivity index (χ3v) is 7.57. The van der Waals surface area contributed by atoms with Crippen molar-refractivity contribution >= 4 is 10.0 Å². The summed E-state index contributed by atoms with van der Waals surface area (Å²) < 4.78 is 27.4. The van der Waals surface area contributed by atoms with E-state index in [1.165, 1.54) is 6.42 Å². The Hall–Kier alpha value is -0.870. The van der Waals surface area contributed by atoms with Crippen molar-refractivity contribution in [1.29, 1.82) is 0 Å². The van der Waals surface area contributed by atoms with Crippen LogP contribution in [0.5, 0.6) is 0 Å². The van der Waals surface area contributed by atoms with E-state index in [2.05, 4.69) is 13.8 Å². The first kappa shape index (κ1) is 14.1. The second-order valence-electron chi connectivity index (χ2n) is 6.87. The van der Waals surface area contributed by atoms with E-state index in [0.717, 1.165) is 24.8 Å². The van der Waals surface area contributed by atoms with E-state index >= 15 is 0 Å². The van der Waals surface area contributed by atoms with Crippen LogP contribution < -0.4 is 0 Å². The number of nitrogens with zero attached hydrogens (tertiary/aromatic N) is 1. The number of aryl methyl sites for hydroxylation is 1. The van der Waals surface area contributed by atoms with Gasteiger partial charge in [-0.3, -0.25) is 0 Å². The van der Waals surface area contributed by atoms with Gasteiger partial charge in [-0.2, -0.15) is 4.31 Å². The number of fused-ring (bicyclic) bond motifs is 1. The van der Waals surface area contributed by atoms with E-state index in [1.807, 2.05) is 19.1 Å². The standard InChI is InChI=1S/C16H23NO2S/c1-13-6-8-14(9-7-13)20(18,19)17-12-15(2)10-4-5-11-16(15,17)3/h6-9H,4-5,10-12H2,1-3H3/t15-,16-/m0/s1. The van der Waals surface area contributed by atoms with E-state index in [-0.39, 0.29) is 11.0 Å². The van der Waals surface area contributed by atoms with Crippen molar-refractivity contribution < 1.29 is 8.42 Å². The van der Waals surface area contributed by atoms with Gasteiger partial charge >= 0.3 is 0 Å². The molecule has 2 fully saturated rings. The molecule has 0 spiro atoms. The fourth-order valence-corrected chi connectivity index (χ4v) is 5.85. The summed E-state index contributed by atoms with van der Waals surface area (Å²) >= 11 is 0. The molecule has 1 aliphatic carbocycles. The molecule has 3 nitrogen and oxygen atoms in total. The van der Waals surface area contributed by atoms with Gasteiger partial charge in [-0.05, 0) is 38.8 Å². The molecule has 4 heteroatoms. The molecule has 0 N–H and O–H groups in total. The lowest BCUT2D eigenvalue weighted by Crippen LogP contribution is -2.73. The van der Waals surface area contributed by atoms with E-state index in [9.17, 15) is 8.42 Å². The molecule has 1 aromatic rings. The lowest BCUT2D eigenvalue weighted by molar-refractivity contribution is -0.110. The third-order valence-electron chi connectivity index (χ3n) is 5.59. The molecule has 3 rings (SSSR count). The highest BCUT2D eigenvalue weighted by molar-refractivity contribution is 7.89. The normalized spacial score (nSPS) is 34.4. The van der Waals surface area contributed by atoms with Crippen LogP contribution in [-0.2, 0) is 10.0 Å². The van der Waals surface area contributed by atoms with Crippen LogP contribution in [0.4, 0.5) is 0 Å². The first-order valence-corrected chi connectivity index (χ1v) is 8.83. The highest BCUT2D eigenvalue weighted by Gasteiger charge is 2.63. The van der Waals surface area contributed by atoms with Gasteiger partial charge in [0.15, 0.2) is 0 Å². The molecule has 0 bridgehead atoms. The maximum Gasteiger partial charge on any atom is 0.243 e. The van der Waals surface area contributed by atoms with E-state index in [0.29, 0.717) is 11.4 Å². The Morgan fingerprint density at radius 1 is 1.05 bits per heavy atom. The monoisotopic (exact) mass is 293 g/mol. The zero-order valence-electron chi connectivity index (χ0n) is 12.5. The quantitative estimate of drug-likeness (QED) is 0.838. The Morgan fingerprint density at radius 2 is 1.65 bits per heavy atom. The fraction of sp³-hybridized carbons (Fsp3) is 0.625. The average Bonchev–Trinajstić information content (AvgIpc) is 2.39. The number of hydrogen-bond donors (Lipinski definition) is 0. The second-order valence-corrected chi connectivity index (χ2v) is 8.73. The summed E-state index contributed by atoms with van der Waals surface area (Å²) in [5.74, 6) is 0. The van der Waals surface area contributed by atoms with Crippen molar-refractivity contribution in [3.05, 3.63) is 29.8 Å². The van der Waals surface area contributed by atoms with Gasteiger partial charge in [-0.15, -0.1) is 0 Å². The molecule has 0 unspecified atom stereocenters. The van der Waals surface area contributed by atoms with E-state index < -0.39 is 10.0 Å². The van der Waals surface area contributed by atoms with Crippen LogP contribution >= 0.6 is 0 Å². The van der Waals surface area contributed by atoms with Gasteiger partial charge in [0.05, 0.1) is 4.90 Å². The van der Waals surface area contributed by atoms with Crippen LogP contribution in [0.1, 0.15) is 45.1 Å². The van der Waals surface area contributed by atoms with Crippen LogP contribution in [0.15, 0.2) is 29.2 Å². The van der Waals surface area contributed by atoms with Crippen LogP contribution in [-0.4, -0.2) is 24.8 Å². The Kier molecular flexibility index (Phi) is 3.04. The van der Waals surface area contributed by atoms with Gasteiger partial charge < -0.3 is 0 Å². The molecule has 20 heavy (non-hydrogen) atoms. The summed E-state index contributed by atoms with van der Waals surface area (Å²) in [5.41, 5.74) is 1.04. The zero-order chi connectivity index (χ0) is 14.6. The van der Waals surface area contributed by atoms with Gasteiger partial charge in [-0.1, -0.05) is 37.5 Å². The smallest absolute Gasteiger partial charge is 0.207 e. The minimum Gasteiger partial charge on any atom is -0.207 e. The maximum atomic E-state index is 12.9. The fourth-order valence-electron chi connectivity index (χ4n) is 3.82. The van der Waals surface area contributed by atoms with Crippen molar-refractivity contribution in [1.82, 2.24) is 4.31 Å². The molecule has 2 atom stereocenters. The number of hydrogen-bond acceptors (Lipinski definition) is 2. The lowest BCUT2D eigenvalue weighted by atomic mass is 9.57. The first-order chi connectivity index (χ1) is 9.30. The molecule has 0 amide bonds. The number of rotatable bonds is 2. The van der Waals surface area contributed by atoms with Crippen LogP contribution in [0, 0.1) is 12.3 Å². The van der Waals surface area contributed by atoms with Gasteiger partial charge in [0, 0.05) is 17.5 Å². The lowest BCUT2D eigenvalue weighted by Gasteiger charge is -2.65. The SMILES string of the molecule is Cc1ccc(S(=O)(=O)N2C[C@]3(C)CCCC[C@]23C)cc1. The van der Waals surface area contributed by atoms with Crippen molar-refractivity contribution in [2.75, 3.05) is 6.54 Å². The Labute approximate surface area is 122 Å². The minimum atomic E-state index is -3.35. The van der Waals surface area contributed by atoms with Crippen LogP contribution in [0.3, 0.4) is 0 Å². The summed E-state index contributed by atoms with van der Waals surface area (Å²) in [6.45, 7) is 7.01. The second kappa shape index (κ2) is 4.31. The Balaban J connectivity index is 1.96. The average molecular weight is 293 g/mol. The summed E-state index contributed by atoms with van der Waals surface area (Å²) in [6.07, 6.45) is 4.48. The van der Waals surface area contributed by atoms with Crippen molar-refractivity contribution in [2.45, 2.75) is 56.9 Å². The number of sulfonamides is 1. The van der Waals surface area contributed by atoms with Gasteiger partial charge in [0.2, 0.25) is 10.0 Å². The molecule has 1 saturated heterocycles. The first-order valence-electron chi connectivity index (χ1n) is 7.39. The summed E-state index contributed by atoms with van der Waals surface area (Å²) in [4.78, 5) is 0.428. The Morgan fingerprint density at radius 3 is 2.25 bits per heavy atom. The summed E-state index contributed by atoms with van der Waals surface area (Å²) in [6, 6.07) is 7.20. The number of benzene rings is 1. The van der Waals surface area contributed by atoms with Crippen molar-refractivity contribution in [3.8, 4) is 0 Å². The molecule has 110 valence electrons. The maximum absolute atomic E-state index is 12.9. The van der Waals surface area contributed by atoms with Crippen LogP contribution in [0.25, 0.3) is 0 Å². The van der Waals surface area contributed by atoms with Crippen molar-refractivity contribution in [3.63, 3.8) is 0 Å². The highest BCUT2D eigenvalue weighted by Crippen LogP contribution is 2.57. The molecule has 1 heterocycles. The molecular weight excluding hydrogens is 270 g/mol. The minimum absolute atomic E-state index is 0.156. The molecule has 2 aliphatic rings. The molecule has 0 radical (unpaired) electrons. The summed E-state index contributed by atoms with van der Waals surface area (Å²) in [5, 5.41) is 0. The molecule has 1 aromatic carbocycles. The summed E-state index contributed by atoms with van der Waals surface area (Å²) in [7, 11) is -3.35. The van der Waals surface area contributed by atoms with Gasteiger partial charge in [0.25, 0.3) is 0 Å². The van der Waals surface area contributed by atoms with E-state index in [4.69, 9.17) is 0 Å². The van der Waals surface area contributed by atoms with Gasteiger partial charge in [-0.25, -0.2) is 8.42 Å². The van der Waals surface area contributed by atoms with Crippen LogP contribution in [0.2, 0.25) is 0 Å². The zero-order valence-corrected chi connectivity index (χ0v) is 13.3. The molecule has 1 saturated carbocycles. The largest absolute Gasteiger partial charge is 0.243 e. The highest BCUT2D eigenvalue weighted by atomic mass is 32.2. The molecule has 1 aliphatic heterocycles. The Bertz CT molecular complexity index is 622. The molecular formula is C16H23NO2S. The predicted molar refractivity (Wildman–Crippen MR) is 80.1 cm³/mol. The third kappa shape index (κ3) is 1.77. The predicted octanol–water partition coefficient (Wildman–Crippen LogP) is 3.34. The van der Waals surface area contributed by atoms with Gasteiger partial charge in [0.1, 0.15) is 0 Å².